The molecule has 0 bridgehead atoms. The van der Waals surface area contributed by atoms with Gasteiger partial charge in [-0.2, -0.15) is 13.5 Å². The van der Waals surface area contributed by atoms with Gasteiger partial charge in [0.2, 0.25) is 0 Å². The summed E-state index contributed by atoms with van der Waals surface area (Å²) < 4.78 is 29.1. The molecule has 2 fully saturated rings. The maximum Gasteiger partial charge on any atom is 1.00 e. The third-order valence-electron chi connectivity index (χ3n) is 4.96. The summed E-state index contributed by atoms with van der Waals surface area (Å²) in [4.78, 5) is 55.8. The predicted molar refractivity (Wildman–Crippen MR) is 89.9 cm³/mol. The fourth-order valence-electron chi connectivity index (χ4n) is 3.27. The average Bonchev–Trinajstić information content (AvgIpc) is 3.10. The average molecular weight is 454 g/mol. The zero-order valence-electron chi connectivity index (χ0n) is 16.1. The largest absolute Gasteiger partial charge is 1.00 e. The standard InChI is InChI=1S/C12H15NO4.C4H5NO6S.Na/c14-10-5-6-11(15)13(10)7-8-1-3-9(4-2-8)12(16)17;6-3-1-2(12(9,10)11)4(7)5(3)8;/h5-6,8-9H,1-4,7H2,(H,16,17);2,8H,1H2,(H,9,10,11);/q;;+1/p-1. The van der Waals surface area contributed by atoms with Gasteiger partial charge in [0.25, 0.3) is 33.7 Å². The van der Waals surface area contributed by atoms with Gasteiger partial charge in [0.1, 0.15) is 0 Å². The molecule has 2 heterocycles. The fraction of sp³-hybridized carbons (Fsp3) is 0.562. The Hall–Kier alpha value is -1.64. The summed E-state index contributed by atoms with van der Waals surface area (Å²) in [5.74, 6) is -4.02. The third-order valence-corrected chi connectivity index (χ3v) is 6.05. The summed E-state index contributed by atoms with van der Waals surface area (Å²) in [6.07, 6.45) is 4.46. The first-order valence-electron chi connectivity index (χ1n) is 8.68. The van der Waals surface area contributed by atoms with Crippen LogP contribution in [0.1, 0.15) is 32.1 Å². The maximum absolute atomic E-state index is 11.3. The van der Waals surface area contributed by atoms with Gasteiger partial charge in [-0.15, -0.1) is 0 Å². The van der Waals surface area contributed by atoms with Gasteiger partial charge in [-0.1, -0.05) is 0 Å². The Morgan fingerprint density at radius 3 is 1.90 bits per heavy atom. The topological polar surface area (TPSA) is 189 Å². The molecule has 1 aliphatic carbocycles. The Morgan fingerprint density at radius 1 is 1.07 bits per heavy atom. The van der Waals surface area contributed by atoms with Crippen LogP contribution in [0.15, 0.2) is 12.2 Å². The zero-order chi connectivity index (χ0) is 21.9. The molecule has 1 atom stereocenters. The third kappa shape index (κ3) is 6.43. The smallest absolute Gasteiger partial charge is 0.550 e. The van der Waals surface area contributed by atoms with Crippen LogP contribution in [0.25, 0.3) is 0 Å². The Labute approximate surface area is 193 Å². The number of carboxylic acids is 1. The molecule has 3 aliphatic rings. The minimum absolute atomic E-state index is 0. The van der Waals surface area contributed by atoms with Crippen LogP contribution in [-0.4, -0.2) is 69.5 Å². The molecule has 3 rings (SSSR count). The van der Waals surface area contributed by atoms with Crippen molar-refractivity contribution in [3.63, 3.8) is 0 Å². The number of hydrogen-bond donors (Lipinski definition) is 2. The molecule has 0 aromatic heterocycles. The Kier molecular flexibility index (Phi) is 9.32. The number of carboxylic acid groups (broad SMARTS) is 1. The summed E-state index contributed by atoms with van der Waals surface area (Å²) in [5, 5.41) is 17.1. The van der Waals surface area contributed by atoms with Gasteiger partial charge in [0, 0.05) is 24.7 Å². The van der Waals surface area contributed by atoms with E-state index in [1.807, 2.05) is 0 Å². The van der Waals surface area contributed by atoms with Crippen molar-refractivity contribution in [2.24, 2.45) is 11.8 Å². The van der Waals surface area contributed by atoms with E-state index in [0.717, 1.165) is 12.8 Å². The quantitative estimate of drug-likeness (QED) is 0.180. The van der Waals surface area contributed by atoms with Crippen molar-refractivity contribution in [2.45, 2.75) is 37.4 Å². The predicted octanol–water partition coefficient (Wildman–Crippen LogP) is -5.14. The minimum atomic E-state index is -4.59. The van der Waals surface area contributed by atoms with Crippen LogP contribution in [0.2, 0.25) is 0 Å². The number of hydroxylamine groups is 2. The first-order chi connectivity index (χ1) is 13.4. The van der Waals surface area contributed by atoms with Crippen LogP contribution < -0.4 is 34.7 Å². The van der Waals surface area contributed by atoms with E-state index in [9.17, 15) is 37.5 Å². The van der Waals surface area contributed by atoms with E-state index < -0.39 is 39.6 Å². The molecule has 1 saturated carbocycles. The van der Waals surface area contributed by atoms with E-state index in [-0.39, 0.29) is 58.3 Å². The van der Waals surface area contributed by atoms with Crippen molar-refractivity contribution in [1.29, 1.82) is 0 Å². The van der Waals surface area contributed by atoms with Crippen LogP contribution >= 0.6 is 0 Å². The number of carbonyl (C=O) groups is 5. The maximum atomic E-state index is 11.3. The Balaban J connectivity index is 0.000000308. The molecule has 2 aliphatic heterocycles. The van der Waals surface area contributed by atoms with Crippen LogP contribution in [0, 0.1) is 11.8 Å². The van der Waals surface area contributed by atoms with E-state index in [1.54, 1.807) is 0 Å². The number of imide groups is 2. The number of amides is 4. The molecule has 30 heavy (non-hydrogen) atoms. The van der Waals surface area contributed by atoms with E-state index in [0.29, 0.717) is 19.4 Å². The van der Waals surface area contributed by atoms with Gasteiger partial charge < -0.3 is 9.90 Å². The molecule has 0 aromatic carbocycles. The first kappa shape index (κ1) is 26.4. The van der Waals surface area contributed by atoms with E-state index in [2.05, 4.69) is 0 Å². The molecule has 0 aromatic rings. The number of aliphatic carboxylic acids is 1. The van der Waals surface area contributed by atoms with E-state index >= 15 is 0 Å². The second-order valence-electron chi connectivity index (χ2n) is 6.91. The zero-order valence-corrected chi connectivity index (χ0v) is 18.9. The molecule has 12 nitrogen and oxygen atoms in total. The molecule has 14 heteroatoms. The van der Waals surface area contributed by atoms with Crippen LogP contribution in [0.5, 0.6) is 0 Å². The van der Waals surface area contributed by atoms with Crippen molar-refractivity contribution in [3.8, 4) is 0 Å². The molecule has 0 radical (unpaired) electrons. The summed E-state index contributed by atoms with van der Waals surface area (Å²) in [6, 6.07) is 0. The Morgan fingerprint density at radius 2 is 1.57 bits per heavy atom. The normalized spacial score (nSPS) is 26.4. The van der Waals surface area contributed by atoms with Gasteiger partial charge >= 0.3 is 29.6 Å². The van der Waals surface area contributed by atoms with Gasteiger partial charge in [-0.25, -0.2) is 0 Å². The molecule has 0 spiro atoms. The van der Waals surface area contributed by atoms with Gasteiger partial charge in [0.15, 0.2) is 5.25 Å². The van der Waals surface area contributed by atoms with Crippen molar-refractivity contribution < 1.29 is 76.8 Å². The molecular formula is C16H19N2NaO10S. The van der Waals surface area contributed by atoms with Crippen LogP contribution in [0.3, 0.4) is 0 Å². The monoisotopic (exact) mass is 454 g/mol. The summed E-state index contributed by atoms with van der Waals surface area (Å²) in [7, 11) is -4.59. The molecule has 4 amide bonds. The molecule has 2 N–H and O–H groups in total. The number of nitrogens with zero attached hydrogens (tertiary/aromatic N) is 2. The molecule has 1 unspecified atom stereocenters. The molecular weight excluding hydrogens is 435 g/mol. The molecule has 160 valence electrons. The Bertz CT molecular complexity index is 845. The second kappa shape index (κ2) is 10.6. The second-order valence-corrected chi connectivity index (χ2v) is 8.51. The molecule has 1 saturated heterocycles. The van der Waals surface area contributed by atoms with Gasteiger partial charge in [-0.05, 0) is 37.5 Å². The summed E-state index contributed by atoms with van der Waals surface area (Å²) in [5.41, 5.74) is 0. The fourth-order valence-corrected chi connectivity index (χ4v) is 3.98. The van der Waals surface area contributed by atoms with Crippen molar-refractivity contribution in [2.75, 3.05) is 6.54 Å². The van der Waals surface area contributed by atoms with Gasteiger partial charge in [-0.3, -0.25) is 33.8 Å². The summed E-state index contributed by atoms with van der Waals surface area (Å²) in [6.45, 7) is 0.407. The van der Waals surface area contributed by atoms with Crippen molar-refractivity contribution in [1.82, 2.24) is 9.96 Å². The van der Waals surface area contributed by atoms with Crippen molar-refractivity contribution >= 4 is 39.7 Å². The van der Waals surface area contributed by atoms with Crippen LogP contribution in [0.4, 0.5) is 0 Å². The van der Waals surface area contributed by atoms with Crippen molar-refractivity contribution in [3.05, 3.63) is 12.2 Å². The first-order valence-corrected chi connectivity index (χ1v) is 10.2. The summed E-state index contributed by atoms with van der Waals surface area (Å²) >= 11 is 0. The van der Waals surface area contributed by atoms with Gasteiger partial charge in [0.05, 0.1) is 6.42 Å². The number of rotatable bonds is 4. The van der Waals surface area contributed by atoms with Crippen LogP contribution in [-0.2, 0) is 34.1 Å². The SMILES string of the molecule is O=C([O-])C1CCC(CN2C(=O)C=CC2=O)CC1.O=C1CC(S(=O)(=O)O)C(=O)N1O.[Na+]. The number of carbonyl (C=O) groups excluding carboxylic acids is 5. The minimum Gasteiger partial charge on any atom is -0.550 e. The van der Waals surface area contributed by atoms with E-state index in [4.69, 9.17) is 9.76 Å². The number of hydrogen-bond acceptors (Lipinski definition) is 9. The van der Waals surface area contributed by atoms with E-state index in [1.165, 1.54) is 17.1 Å².